The molecule has 0 fully saturated rings. The highest BCUT2D eigenvalue weighted by molar-refractivity contribution is 5.92. The molecule has 0 unspecified atom stereocenters. The van der Waals surface area contributed by atoms with Gasteiger partial charge in [-0.25, -0.2) is 4.98 Å². The maximum Gasteiger partial charge on any atom is 0.0791 e. The molecule has 2 heteroatoms. The van der Waals surface area contributed by atoms with E-state index < -0.39 is 0 Å². The largest absolute Gasteiger partial charge is 0.374 e. The third-order valence-electron chi connectivity index (χ3n) is 5.10. The molecule has 1 aliphatic heterocycles. The van der Waals surface area contributed by atoms with Crippen molar-refractivity contribution < 1.29 is 0 Å². The van der Waals surface area contributed by atoms with Crippen molar-refractivity contribution in [3.05, 3.63) is 95.6 Å². The lowest BCUT2D eigenvalue weighted by Crippen LogP contribution is -2.20. The zero-order chi connectivity index (χ0) is 16.8. The lowest BCUT2D eigenvalue weighted by Gasteiger charge is -2.31. The van der Waals surface area contributed by atoms with Gasteiger partial charge in [-0.15, -0.1) is 0 Å². The molecular weight excluding hydrogens is 304 g/mol. The molecule has 1 aromatic heterocycles. The van der Waals surface area contributed by atoms with E-state index in [9.17, 15) is 0 Å². The summed E-state index contributed by atoms with van der Waals surface area (Å²) in [5, 5.41) is 4.96. The van der Waals surface area contributed by atoms with Crippen LogP contribution >= 0.6 is 0 Å². The van der Waals surface area contributed by atoms with Crippen LogP contribution in [0.2, 0.25) is 0 Å². The van der Waals surface area contributed by atoms with E-state index in [-0.39, 0.29) is 6.04 Å². The third kappa shape index (κ3) is 2.14. The minimum absolute atomic E-state index is 0.114. The molecule has 0 radical (unpaired) electrons. The van der Waals surface area contributed by atoms with Crippen molar-refractivity contribution >= 4 is 16.6 Å². The Labute approximate surface area is 147 Å². The van der Waals surface area contributed by atoms with Crippen LogP contribution < -0.4 is 5.32 Å². The Balaban J connectivity index is 1.87. The SMILES string of the molecule is Cc1c2c(nc3ccccc13)-c1ccccc1N[C@@H]2c1ccccc1. The van der Waals surface area contributed by atoms with Crippen molar-refractivity contribution in [1.82, 2.24) is 4.98 Å². The van der Waals surface area contributed by atoms with Crippen LogP contribution in [0.4, 0.5) is 5.69 Å². The Hall–Kier alpha value is -3.13. The molecule has 120 valence electrons. The summed E-state index contributed by atoms with van der Waals surface area (Å²) in [5.74, 6) is 0. The number of hydrogen-bond donors (Lipinski definition) is 1. The Kier molecular flexibility index (Phi) is 3.10. The molecule has 1 N–H and O–H groups in total. The zero-order valence-electron chi connectivity index (χ0n) is 14.0. The second kappa shape index (κ2) is 5.45. The number of fused-ring (bicyclic) bond motifs is 4. The minimum atomic E-state index is 0.114. The van der Waals surface area contributed by atoms with Crippen LogP contribution in [-0.4, -0.2) is 4.98 Å². The summed E-state index contributed by atoms with van der Waals surface area (Å²) in [5.41, 5.74) is 8.32. The predicted molar refractivity (Wildman–Crippen MR) is 104 cm³/mol. The van der Waals surface area contributed by atoms with Crippen LogP contribution in [0, 0.1) is 6.92 Å². The smallest absolute Gasteiger partial charge is 0.0791 e. The van der Waals surface area contributed by atoms with Crippen molar-refractivity contribution in [1.29, 1.82) is 0 Å². The molecular formula is C23H18N2. The standard InChI is InChI=1S/C23H18N2/c1-15-17-11-5-7-13-19(17)25-23-18-12-6-8-14-20(18)24-22(21(15)23)16-9-3-2-4-10-16/h2-14,22,24H,1H3/t22-/m1/s1. The molecule has 1 aliphatic rings. The van der Waals surface area contributed by atoms with Gasteiger partial charge in [-0.1, -0.05) is 66.7 Å². The average Bonchev–Trinajstić information content (AvgIpc) is 2.68. The van der Waals surface area contributed by atoms with Gasteiger partial charge in [0, 0.05) is 22.2 Å². The van der Waals surface area contributed by atoms with Crippen LogP contribution in [0.1, 0.15) is 22.7 Å². The van der Waals surface area contributed by atoms with E-state index in [4.69, 9.17) is 4.98 Å². The number of para-hydroxylation sites is 2. The van der Waals surface area contributed by atoms with E-state index in [1.165, 1.54) is 27.6 Å². The van der Waals surface area contributed by atoms with Crippen LogP contribution in [-0.2, 0) is 0 Å². The number of rotatable bonds is 1. The molecule has 0 saturated carbocycles. The average molecular weight is 322 g/mol. The first kappa shape index (κ1) is 14.2. The molecule has 2 heterocycles. The number of anilines is 1. The molecule has 4 aromatic rings. The Morgan fingerprint density at radius 2 is 1.52 bits per heavy atom. The fourth-order valence-electron chi connectivity index (χ4n) is 3.89. The first-order valence-electron chi connectivity index (χ1n) is 8.63. The Bertz CT molecular complexity index is 1080. The van der Waals surface area contributed by atoms with E-state index in [1.54, 1.807) is 0 Å². The topological polar surface area (TPSA) is 24.9 Å². The Morgan fingerprint density at radius 3 is 2.40 bits per heavy atom. The number of aryl methyl sites for hydroxylation is 1. The normalized spacial score (nSPS) is 15.3. The number of aromatic nitrogens is 1. The van der Waals surface area contributed by atoms with Crippen LogP contribution in [0.5, 0.6) is 0 Å². The highest BCUT2D eigenvalue weighted by Crippen LogP contribution is 2.44. The van der Waals surface area contributed by atoms with E-state index in [1.807, 2.05) is 0 Å². The van der Waals surface area contributed by atoms with Gasteiger partial charge in [-0.2, -0.15) is 0 Å². The van der Waals surface area contributed by atoms with Crippen molar-refractivity contribution in [2.75, 3.05) is 5.32 Å². The van der Waals surface area contributed by atoms with Gasteiger partial charge in [0.2, 0.25) is 0 Å². The fourth-order valence-corrected chi connectivity index (χ4v) is 3.89. The lowest BCUT2D eigenvalue weighted by atomic mass is 9.85. The second-order valence-corrected chi connectivity index (χ2v) is 6.55. The molecule has 0 saturated heterocycles. The molecule has 0 aliphatic carbocycles. The van der Waals surface area contributed by atoms with E-state index in [0.717, 1.165) is 16.9 Å². The summed E-state index contributed by atoms with van der Waals surface area (Å²) >= 11 is 0. The van der Waals surface area contributed by atoms with Gasteiger partial charge in [-0.3, -0.25) is 0 Å². The third-order valence-corrected chi connectivity index (χ3v) is 5.10. The minimum Gasteiger partial charge on any atom is -0.374 e. The monoisotopic (exact) mass is 322 g/mol. The maximum atomic E-state index is 5.05. The maximum absolute atomic E-state index is 5.05. The van der Waals surface area contributed by atoms with Crippen molar-refractivity contribution in [3.8, 4) is 11.3 Å². The van der Waals surface area contributed by atoms with Crippen molar-refractivity contribution in [2.45, 2.75) is 13.0 Å². The van der Waals surface area contributed by atoms with E-state index in [2.05, 4.69) is 91.1 Å². The van der Waals surface area contributed by atoms with Gasteiger partial charge in [0.15, 0.2) is 0 Å². The molecule has 5 rings (SSSR count). The molecule has 2 nitrogen and oxygen atoms in total. The van der Waals surface area contributed by atoms with Crippen molar-refractivity contribution in [3.63, 3.8) is 0 Å². The summed E-state index contributed by atoms with van der Waals surface area (Å²) in [6.07, 6.45) is 0. The van der Waals surface area contributed by atoms with E-state index in [0.29, 0.717) is 0 Å². The molecule has 25 heavy (non-hydrogen) atoms. The van der Waals surface area contributed by atoms with Gasteiger partial charge in [0.25, 0.3) is 0 Å². The summed E-state index contributed by atoms with van der Waals surface area (Å²) in [7, 11) is 0. The number of hydrogen-bond acceptors (Lipinski definition) is 2. The molecule has 1 atom stereocenters. The van der Waals surface area contributed by atoms with Gasteiger partial charge in [-0.05, 0) is 30.2 Å². The lowest BCUT2D eigenvalue weighted by molar-refractivity contribution is 0.911. The number of nitrogens with zero attached hydrogens (tertiary/aromatic N) is 1. The molecule has 3 aromatic carbocycles. The fraction of sp³-hybridized carbons (Fsp3) is 0.0870. The van der Waals surface area contributed by atoms with Crippen molar-refractivity contribution in [2.24, 2.45) is 0 Å². The Morgan fingerprint density at radius 1 is 0.800 bits per heavy atom. The number of benzene rings is 3. The van der Waals surface area contributed by atoms with Gasteiger partial charge in [0.05, 0.1) is 17.3 Å². The van der Waals surface area contributed by atoms with Crippen LogP contribution in [0.25, 0.3) is 22.2 Å². The molecule has 0 amide bonds. The summed E-state index contributed by atoms with van der Waals surface area (Å²) in [6, 6.07) is 27.6. The van der Waals surface area contributed by atoms with Gasteiger partial charge >= 0.3 is 0 Å². The second-order valence-electron chi connectivity index (χ2n) is 6.55. The van der Waals surface area contributed by atoms with Gasteiger partial charge < -0.3 is 5.32 Å². The van der Waals surface area contributed by atoms with Crippen LogP contribution in [0.15, 0.2) is 78.9 Å². The first-order chi connectivity index (χ1) is 12.3. The number of nitrogens with one attached hydrogen (secondary N) is 1. The number of pyridine rings is 1. The predicted octanol–water partition coefficient (Wildman–Crippen LogP) is 5.73. The molecule has 0 spiro atoms. The molecule has 0 bridgehead atoms. The first-order valence-corrected chi connectivity index (χ1v) is 8.63. The summed E-state index contributed by atoms with van der Waals surface area (Å²) in [4.78, 5) is 5.05. The van der Waals surface area contributed by atoms with Gasteiger partial charge in [0.1, 0.15) is 0 Å². The zero-order valence-corrected chi connectivity index (χ0v) is 14.0. The highest BCUT2D eigenvalue weighted by Gasteiger charge is 2.28. The quantitative estimate of drug-likeness (QED) is 0.484. The van der Waals surface area contributed by atoms with E-state index >= 15 is 0 Å². The summed E-state index contributed by atoms with van der Waals surface area (Å²) < 4.78 is 0. The highest BCUT2D eigenvalue weighted by atomic mass is 15.0. The summed E-state index contributed by atoms with van der Waals surface area (Å²) in [6.45, 7) is 2.22. The van der Waals surface area contributed by atoms with Crippen LogP contribution in [0.3, 0.4) is 0 Å².